The number of hydrogen-bond donors (Lipinski definition) is 0. The molecular weight excluding hydrogens is 356 g/mol. The fourth-order valence-electron chi connectivity index (χ4n) is 4.35. The third-order valence-electron chi connectivity index (χ3n) is 5.89. The van der Waals surface area contributed by atoms with Crippen LogP contribution in [0.3, 0.4) is 0 Å². The summed E-state index contributed by atoms with van der Waals surface area (Å²) in [7, 11) is 7.03. The Morgan fingerprint density at radius 1 is 0.964 bits per heavy atom. The van der Waals surface area contributed by atoms with Gasteiger partial charge in [0.15, 0.2) is 0 Å². The van der Waals surface area contributed by atoms with Gasteiger partial charge >= 0.3 is 5.69 Å². The van der Waals surface area contributed by atoms with Gasteiger partial charge in [0.25, 0.3) is 5.56 Å². The van der Waals surface area contributed by atoms with Crippen molar-refractivity contribution in [3.63, 3.8) is 0 Å². The highest BCUT2D eigenvalue weighted by Crippen LogP contribution is 2.43. The molecule has 7 nitrogen and oxygen atoms in total. The zero-order chi connectivity index (χ0) is 20.2. The average molecular weight is 380 g/mol. The molecule has 2 aromatic rings. The van der Waals surface area contributed by atoms with Crippen molar-refractivity contribution in [2.75, 3.05) is 19.0 Å². The molecule has 1 saturated carbocycles. The molecule has 146 valence electrons. The molecule has 1 aliphatic carbocycles. The number of ketones is 1. The number of carbonyl (C=O) groups excluding carboxylic acids is 1. The molecule has 2 heterocycles. The van der Waals surface area contributed by atoms with Crippen LogP contribution >= 0.6 is 0 Å². The van der Waals surface area contributed by atoms with Gasteiger partial charge in [0.2, 0.25) is 0 Å². The van der Waals surface area contributed by atoms with Crippen LogP contribution in [-0.2, 0) is 18.9 Å². The maximum atomic E-state index is 13.1. The Morgan fingerprint density at radius 3 is 2.29 bits per heavy atom. The molecule has 7 heteroatoms. The number of rotatable bonds is 2. The van der Waals surface area contributed by atoms with E-state index in [1.54, 1.807) is 7.05 Å². The van der Waals surface area contributed by atoms with E-state index in [1.807, 2.05) is 43.3 Å². The van der Waals surface area contributed by atoms with Crippen LogP contribution in [0.25, 0.3) is 0 Å². The van der Waals surface area contributed by atoms with E-state index >= 15 is 0 Å². The van der Waals surface area contributed by atoms with Gasteiger partial charge in [-0.3, -0.25) is 18.7 Å². The Kier molecular flexibility index (Phi) is 4.33. The zero-order valence-corrected chi connectivity index (χ0v) is 16.6. The van der Waals surface area contributed by atoms with E-state index in [1.165, 1.54) is 11.6 Å². The van der Waals surface area contributed by atoms with Crippen molar-refractivity contribution in [3.05, 3.63) is 56.2 Å². The molecule has 1 aromatic carbocycles. The van der Waals surface area contributed by atoms with Crippen molar-refractivity contribution in [2.45, 2.75) is 25.2 Å². The van der Waals surface area contributed by atoms with E-state index in [0.29, 0.717) is 24.2 Å². The van der Waals surface area contributed by atoms with E-state index in [9.17, 15) is 14.4 Å². The number of nitrogens with zero attached hydrogens (tertiary/aromatic N) is 4. The SMILES string of the molecule is CN(C)c1ccc([C@H]2c3c(n(C)c(=O)n(C)c3=O)N=C3CCCC(=O)[C@H]32)cc1. The van der Waals surface area contributed by atoms with Crippen molar-refractivity contribution >= 4 is 23.0 Å². The number of hydrogen-bond acceptors (Lipinski definition) is 5. The second-order valence-electron chi connectivity index (χ2n) is 7.81. The van der Waals surface area contributed by atoms with Crippen molar-refractivity contribution in [2.24, 2.45) is 25.0 Å². The van der Waals surface area contributed by atoms with Crippen LogP contribution in [0.1, 0.15) is 36.3 Å². The average Bonchev–Trinajstić information content (AvgIpc) is 2.69. The zero-order valence-electron chi connectivity index (χ0n) is 16.6. The molecule has 0 saturated heterocycles. The standard InChI is InChI=1S/C21H24N4O3/c1-23(2)13-10-8-12(9-11-13)16-17-14(6-5-7-15(17)26)22-19-18(16)20(27)25(4)21(28)24(19)3/h8-11,16-17H,5-7H2,1-4H3/t16-,17+/m1/s1. The number of Topliss-reactive ketones (excluding diaryl/α,β-unsaturated/α-hetero) is 1. The first-order valence-corrected chi connectivity index (χ1v) is 9.48. The fourth-order valence-corrected chi connectivity index (χ4v) is 4.35. The lowest BCUT2D eigenvalue weighted by atomic mass is 9.70. The molecule has 0 spiro atoms. The quantitative estimate of drug-likeness (QED) is 0.795. The van der Waals surface area contributed by atoms with Gasteiger partial charge in [0, 0.05) is 51.9 Å². The van der Waals surface area contributed by atoms with Crippen LogP contribution in [0, 0.1) is 5.92 Å². The van der Waals surface area contributed by atoms with Gasteiger partial charge in [0.05, 0.1) is 11.5 Å². The maximum Gasteiger partial charge on any atom is 0.332 e. The van der Waals surface area contributed by atoms with E-state index in [0.717, 1.165) is 28.0 Å². The Bertz CT molecular complexity index is 1110. The number of carbonyl (C=O) groups is 1. The van der Waals surface area contributed by atoms with Gasteiger partial charge in [0.1, 0.15) is 11.6 Å². The van der Waals surface area contributed by atoms with Gasteiger partial charge in [-0.15, -0.1) is 0 Å². The summed E-state index contributed by atoms with van der Waals surface area (Å²) in [6.45, 7) is 0. The van der Waals surface area contributed by atoms with Crippen LogP contribution in [0.2, 0.25) is 0 Å². The highest BCUT2D eigenvalue weighted by atomic mass is 16.2. The highest BCUT2D eigenvalue weighted by molar-refractivity contribution is 6.10. The van der Waals surface area contributed by atoms with Gasteiger partial charge in [-0.25, -0.2) is 9.79 Å². The van der Waals surface area contributed by atoms with Gasteiger partial charge in [-0.2, -0.15) is 0 Å². The second kappa shape index (κ2) is 6.58. The Morgan fingerprint density at radius 2 is 1.64 bits per heavy atom. The summed E-state index contributed by atoms with van der Waals surface area (Å²) in [6, 6.07) is 7.92. The summed E-state index contributed by atoms with van der Waals surface area (Å²) in [5.74, 6) is -0.349. The molecule has 2 aliphatic rings. The van der Waals surface area contributed by atoms with E-state index in [4.69, 9.17) is 0 Å². The fraction of sp³-hybridized carbons (Fsp3) is 0.429. The predicted molar refractivity (Wildman–Crippen MR) is 109 cm³/mol. The van der Waals surface area contributed by atoms with Gasteiger partial charge in [-0.05, 0) is 30.5 Å². The van der Waals surface area contributed by atoms with Crippen molar-refractivity contribution in [1.29, 1.82) is 0 Å². The van der Waals surface area contributed by atoms with Crippen LogP contribution in [0.4, 0.5) is 11.5 Å². The normalized spacial score (nSPS) is 21.0. The van der Waals surface area contributed by atoms with E-state index in [-0.39, 0.29) is 11.3 Å². The summed E-state index contributed by atoms with van der Waals surface area (Å²) in [4.78, 5) is 45.0. The largest absolute Gasteiger partial charge is 0.378 e. The van der Waals surface area contributed by atoms with Crippen molar-refractivity contribution in [3.8, 4) is 0 Å². The molecule has 0 unspecified atom stereocenters. The lowest BCUT2D eigenvalue weighted by Gasteiger charge is -2.35. The molecule has 0 bridgehead atoms. The van der Waals surface area contributed by atoms with Gasteiger partial charge < -0.3 is 4.90 Å². The molecule has 2 atom stereocenters. The summed E-state index contributed by atoms with van der Waals surface area (Å²) in [5, 5.41) is 0. The first-order valence-electron chi connectivity index (χ1n) is 9.48. The van der Waals surface area contributed by atoms with Crippen LogP contribution in [-0.4, -0.2) is 34.7 Å². The second-order valence-corrected chi connectivity index (χ2v) is 7.81. The van der Waals surface area contributed by atoms with Gasteiger partial charge in [-0.1, -0.05) is 12.1 Å². The number of anilines is 1. The van der Waals surface area contributed by atoms with Crippen LogP contribution in [0.5, 0.6) is 0 Å². The number of benzene rings is 1. The minimum atomic E-state index is -0.434. The Balaban J connectivity index is 2.01. The van der Waals surface area contributed by atoms with E-state index in [2.05, 4.69) is 4.99 Å². The first kappa shape index (κ1) is 18.4. The molecule has 4 rings (SSSR count). The Labute approximate surface area is 162 Å². The third kappa shape index (κ3) is 2.65. The Hall–Kier alpha value is -2.96. The topological polar surface area (TPSA) is 76.7 Å². The molecule has 0 N–H and O–H groups in total. The molecule has 1 aliphatic heterocycles. The van der Waals surface area contributed by atoms with Crippen molar-refractivity contribution < 1.29 is 4.79 Å². The molecule has 1 aromatic heterocycles. The predicted octanol–water partition coefficient (Wildman–Crippen LogP) is 1.74. The highest BCUT2D eigenvalue weighted by Gasteiger charge is 2.43. The summed E-state index contributed by atoms with van der Waals surface area (Å²) < 4.78 is 2.52. The molecule has 0 radical (unpaired) electrons. The molecule has 28 heavy (non-hydrogen) atoms. The van der Waals surface area contributed by atoms with Crippen LogP contribution < -0.4 is 16.1 Å². The molecular formula is C21H24N4O3. The lowest BCUT2D eigenvalue weighted by molar-refractivity contribution is -0.121. The number of fused-ring (bicyclic) bond motifs is 2. The number of aliphatic imine (C=N–C) groups is 1. The lowest BCUT2D eigenvalue weighted by Crippen LogP contribution is -2.45. The van der Waals surface area contributed by atoms with Crippen molar-refractivity contribution in [1.82, 2.24) is 9.13 Å². The minimum Gasteiger partial charge on any atom is -0.378 e. The number of aromatic nitrogens is 2. The third-order valence-corrected chi connectivity index (χ3v) is 5.89. The van der Waals surface area contributed by atoms with E-state index < -0.39 is 17.5 Å². The summed E-state index contributed by atoms with van der Waals surface area (Å²) in [5.41, 5.74) is 2.38. The smallest absolute Gasteiger partial charge is 0.332 e. The molecule has 1 fully saturated rings. The monoisotopic (exact) mass is 380 g/mol. The first-order chi connectivity index (χ1) is 13.3. The maximum absolute atomic E-state index is 13.1. The molecule has 0 amide bonds. The minimum absolute atomic E-state index is 0.119. The summed E-state index contributed by atoms with van der Waals surface area (Å²) in [6.07, 6.45) is 1.97. The summed E-state index contributed by atoms with van der Waals surface area (Å²) >= 11 is 0. The van der Waals surface area contributed by atoms with Crippen LogP contribution in [0.15, 0.2) is 38.8 Å².